The standard InChI is InChI=1S/C17H19ClN2O2/c1-17(2,3)22-16(21)20-15-10-8-14(9-11-15)19-13-6-4-12(18)5-7-13/h4-11,19H,1-3H3,(H,20,21). The van der Waals surface area contributed by atoms with Crippen LogP contribution in [0.1, 0.15) is 20.8 Å². The molecule has 5 heteroatoms. The lowest BCUT2D eigenvalue weighted by Crippen LogP contribution is -2.27. The highest BCUT2D eigenvalue weighted by molar-refractivity contribution is 6.30. The van der Waals surface area contributed by atoms with Crippen LogP contribution in [0.25, 0.3) is 0 Å². The van der Waals surface area contributed by atoms with Gasteiger partial charge in [-0.2, -0.15) is 0 Å². The predicted octanol–water partition coefficient (Wildman–Crippen LogP) is 5.43. The zero-order valence-electron chi connectivity index (χ0n) is 12.8. The van der Waals surface area contributed by atoms with Crippen molar-refractivity contribution in [3.8, 4) is 0 Å². The third-order valence-corrected chi connectivity index (χ3v) is 2.92. The molecule has 116 valence electrons. The molecule has 2 N–H and O–H groups in total. The van der Waals surface area contributed by atoms with Gasteiger partial charge in [-0.25, -0.2) is 4.79 Å². The van der Waals surface area contributed by atoms with Crippen molar-refractivity contribution in [2.24, 2.45) is 0 Å². The van der Waals surface area contributed by atoms with Crippen LogP contribution in [0.5, 0.6) is 0 Å². The van der Waals surface area contributed by atoms with Gasteiger partial charge in [0.15, 0.2) is 0 Å². The molecule has 2 rings (SSSR count). The van der Waals surface area contributed by atoms with E-state index in [2.05, 4.69) is 10.6 Å². The summed E-state index contributed by atoms with van der Waals surface area (Å²) in [7, 11) is 0. The molecule has 1 amide bonds. The smallest absolute Gasteiger partial charge is 0.412 e. The van der Waals surface area contributed by atoms with Crippen LogP contribution in [-0.4, -0.2) is 11.7 Å². The van der Waals surface area contributed by atoms with E-state index in [-0.39, 0.29) is 0 Å². The molecule has 0 atom stereocenters. The minimum atomic E-state index is -0.514. The molecule has 4 nitrogen and oxygen atoms in total. The van der Waals surface area contributed by atoms with Crippen molar-refractivity contribution in [1.29, 1.82) is 0 Å². The van der Waals surface area contributed by atoms with E-state index in [9.17, 15) is 4.79 Å². The largest absolute Gasteiger partial charge is 0.444 e. The van der Waals surface area contributed by atoms with Gasteiger partial charge in [0.05, 0.1) is 0 Å². The van der Waals surface area contributed by atoms with Crippen molar-refractivity contribution in [3.63, 3.8) is 0 Å². The molecule has 0 radical (unpaired) electrons. The van der Waals surface area contributed by atoms with E-state index >= 15 is 0 Å². The first-order chi connectivity index (χ1) is 10.3. The summed E-state index contributed by atoms with van der Waals surface area (Å²) in [6.45, 7) is 5.48. The van der Waals surface area contributed by atoms with E-state index in [0.717, 1.165) is 11.4 Å². The molecule has 0 bridgehead atoms. The zero-order valence-corrected chi connectivity index (χ0v) is 13.6. The normalized spacial score (nSPS) is 10.9. The summed E-state index contributed by atoms with van der Waals surface area (Å²) in [6.07, 6.45) is -0.467. The number of anilines is 3. The van der Waals surface area contributed by atoms with Gasteiger partial charge < -0.3 is 10.1 Å². The summed E-state index contributed by atoms with van der Waals surface area (Å²) < 4.78 is 5.20. The Bertz CT molecular complexity index is 631. The number of rotatable bonds is 3. The first-order valence-electron chi connectivity index (χ1n) is 6.94. The fourth-order valence-electron chi connectivity index (χ4n) is 1.76. The first-order valence-corrected chi connectivity index (χ1v) is 7.32. The first kappa shape index (κ1) is 16.2. The maximum absolute atomic E-state index is 11.7. The molecule has 0 heterocycles. The number of benzene rings is 2. The van der Waals surface area contributed by atoms with Crippen LogP contribution in [0.2, 0.25) is 5.02 Å². The van der Waals surface area contributed by atoms with Crippen LogP contribution < -0.4 is 10.6 Å². The van der Waals surface area contributed by atoms with Gasteiger partial charge in [-0.15, -0.1) is 0 Å². The maximum Gasteiger partial charge on any atom is 0.412 e. The minimum Gasteiger partial charge on any atom is -0.444 e. The van der Waals surface area contributed by atoms with Gasteiger partial charge in [0.2, 0.25) is 0 Å². The number of nitrogens with one attached hydrogen (secondary N) is 2. The molecular weight excluding hydrogens is 300 g/mol. The minimum absolute atomic E-state index is 0.467. The summed E-state index contributed by atoms with van der Waals surface area (Å²) in [5, 5.41) is 6.63. The number of amides is 1. The SMILES string of the molecule is CC(C)(C)OC(=O)Nc1ccc(Nc2ccc(Cl)cc2)cc1. The Morgan fingerprint density at radius 3 is 1.86 bits per heavy atom. The topological polar surface area (TPSA) is 50.4 Å². The number of carbonyl (C=O) groups excluding carboxylic acids is 1. The second kappa shape index (κ2) is 6.71. The van der Waals surface area contributed by atoms with Gasteiger partial charge in [-0.1, -0.05) is 11.6 Å². The number of ether oxygens (including phenoxy) is 1. The van der Waals surface area contributed by atoms with Crippen molar-refractivity contribution in [1.82, 2.24) is 0 Å². The second-order valence-corrected chi connectivity index (χ2v) is 6.27. The third-order valence-electron chi connectivity index (χ3n) is 2.66. The molecular formula is C17H19ClN2O2. The maximum atomic E-state index is 11.7. The predicted molar refractivity (Wildman–Crippen MR) is 91.0 cm³/mol. The number of halogens is 1. The highest BCUT2D eigenvalue weighted by atomic mass is 35.5. The molecule has 0 unspecified atom stereocenters. The molecule has 0 spiro atoms. The zero-order chi connectivity index (χ0) is 16.2. The lowest BCUT2D eigenvalue weighted by atomic mass is 10.2. The number of hydrogen-bond donors (Lipinski definition) is 2. The molecule has 2 aromatic rings. The van der Waals surface area contributed by atoms with E-state index in [4.69, 9.17) is 16.3 Å². The monoisotopic (exact) mass is 318 g/mol. The molecule has 2 aromatic carbocycles. The van der Waals surface area contributed by atoms with Crippen LogP contribution in [0.15, 0.2) is 48.5 Å². The Morgan fingerprint density at radius 1 is 0.909 bits per heavy atom. The van der Waals surface area contributed by atoms with E-state index < -0.39 is 11.7 Å². The summed E-state index contributed by atoms with van der Waals surface area (Å²) >= 11 is 5.85. The lowest BCUT2D eigenvalue weighted by Gasteiger charge is -2.19. The Morgan fingerprint density at radius 2 is 1.36 bits per heavy atom. The van der Waals surface area contributed by atoms with Crippen LogP contribution in [0.3, 0.4) is 0 Å². The lowest BCUT2D eigenvalue weighted by molar-refractivity contribution is 0.0636. The molecule has 0 aromatic heterocycles. The van der Waals surface area contributed by atoms with Crippen molar-refractivity contribution in [2.45, 2.75) is 26.4 Å². The second-order valence-electron chi connectivity index (χ2n) is 5.84. The Hall–Kier alpha value is -2.20. The highest BCUT2D eigenvalue weighted by Gasteiger charge is 2.15. The van der Waals surface area contributed by atoms with Crippen molar-refractivity contribution >= 4 is 34.8 Å². The number of carbonyl (C=O) groups is 1. The summed E-state index contributed by atoms with van der Waals surface area (Å²) in [5.74, 6) is 0. The van der Waals surface area contributed by atoms with Crippen molar-refractivity contribution in [3.05, 3.63) is 53.6 Å². The van der Waals surface area contributed by atoms with Crippen molar-refractivity contribution in [2.75, 3.05) is 10.6 Å². The fourth-order valence-corrected chi connectivity index (χ4v) is 1.88. The van der Waals surface area contributed by atoms with Crippen molar-refractivity contribution < 1.29 is 9.53 Å². The molecule has 0 aliphatic carbocycles. The van der Waals surface area contributed by atoms with Crippen LogP contribution in [0, 0.1) is 0 Å². The quantitative estimate of drug-likeness (QED) is 0.793. The van der Waals surface area contributed by atoms with Crippen LogP contribution in [0.4, 0.5) is 21.9 Å². The average molecular weight is 319 g/mol. The van der Waals surface area contributed by atoms with E-state index in [1.54, 1.807) is 0 Å². The van der Waals surface area contributed by atoms with Gasteiger partial charge >= 0.3 is 6.09 Å². The van der Waals surface area contributed by atoms with Gasteiger partial charge in [0.1, 0.15) is 5.60 Å². The summed E-state index contributed by atoms with van der Waals surface area (Å²) in [5.41, 5.74) is 2.02. The summed E-state index contributed by atoms with van der Waals surface area (Å²) in [6, 6.07) is 14.8. The van der Waals surface area contributed by atoms with E-state index in [1.807, 2.05) is 69.3 Å². The molecule has 0 saturated carbocycles. The van der Waals surface area contributed by atoms with Gasteiger partial charge in [-0.3, -0.25) is 5.32 Å². The van der Waals surface area contributed by atoms with Gasteiger partial charge in [0, 0.05) is 22.1 Å². The third kappa shape index (κ3) is 5.30. The highest BCUT2D eigenvalue weighted by Crippen LogP contribution is 2.21. The van der Waals surface area contributed by atoms with Gasteiger partial charge in [-0.05, 0) is 69.3 Å². The molecule has 0 aliphatic rings. The van der Waals surface area contributed by atoms with Crippen LogP contribution >= 0.6 is 11.6 Å². The Balaban J connectivity index is 1.95. The molecule has 22 heavy (non-hydrogen) atoms. The molecule has 0 saturated heterocycles. The summed E-state index contributed by atoms with van der Waals surface area (Å²) in [4.78, 5) is 11.7. The Kier molecular flexibility index (Phi) is 4.93. The number of hydrogen-bond acceptors (Lipinski definition) is 3. The average Bonchev–Trinajstić information content (AvgIpc) is 2.41. The molecule has 0 fully saturated rings. The van der Waals surface area contributed by atoms with E-state index in [1.165, 1.54) is 0 Å². The fraction of sp³-hybridized carbons (Fsp3) is 0.235. The van der Waals surface area contributed by atoms with Crippen LogP contribution in [-0.2, 0) is 4.74 Å². The van der Waals surface area contributed by atoms with Gasteiger partial charge in [0.25, 0.3) is 0 Å². The van der Waals surface area contributed by atoms with E-state index in [0.29, 0.717) is 10.7 Å². The molecule has 0 aliphatic heterocycles. The Labute approximate surface area is 135 Å².